The highest BCUT2D eigenvalue weighted by molar-refractivity contribution is 6.30. The van der Waals surface area contributed by atoms with Crippen LogP contribution >= 0.6 is 11.6 Å². The lowest BCUT2D eigenvalue weighted by atomic mass is 9.87. The summed E-state index contributed by atoms with van der Waals surface area (Å²) in [6, 6.07) is 21.3. The lowest BCUT2D eigenvalue weighted by Crippen LogP contribution is -2.46. The Kier molecular flexibility index (Phi) is 5.35. The van der Waals surface area contributed by atoms with Gasteiger partial charge in [0.05, 0.1) is 5.92 Å². The number of benzene rings is 3. The summed E-state index contributed by atoms with van der Waals surface area (Å²) in [6.45, 7) is -0.247. The number of hydrogen-bond acceptors (Lipinski definition) is 4. The molecule has 1 aliphatic heterocycles. The number of carbonyl (C=O) groups excluding carboxylic acids is 2. The fourth-order valence-electron chi connectivity index (χ4n) is 3.11. The van der Waals surface area contributed by atoms with Crippen molar-refractivity contribution >= 4 is 23.4 Å². The topological polar surface area (TPSA) is 76.7 Å². The van der Waals surface area contributed by atoms with Crippen molar-refractivity contribution in [2.24, 2.45) is 0 Å². The molecule has 2 N–H and O–H groups in total. The molecule has 1 aliphatic rings. The number of nitrogens with one attached hydrogen (secondary N) is 2. The molecule has 6 nitrogen and oxygen atoms in total. The average molecular weight is 409 g/mol. The van der Waals surface area contributed by atoms with Crippen molar-refractivity contribution in [2.45, 2.75) is 5.92 Å². The van der Waals surface area contributed by atoms with E-state index >= 15 is 0 Å². The predicted octanol–water partition coefficient (Wildman–Crippen LogP) is 3.80. The van der Waals surface area contributed by atoms with Crippen LogP contribution in [-0.4, -0.2) is 18.4 Å². The second kappa shape index (κ2) is 8.24. The zero-order valence-corrected chi connectivity index (χ0v) is 16.0. The van der Waals surface area contributed by atoms with Gasteiger partial charge in [0.2, 0.25) is 0 Å². The van der Waals surface area contributed by atoms with Gasteiger partial charge in [-0.05, 0) is 36.4 Å². The molecular formula is C22H17ClN2O4. The molecule has 0 aliphatic carbocycles. The van der Waals surface area contributed by atoms with Crippen LogP contribution in [0.4, 0.5) is 0 Å². The standard InChI is InChI=1S/C22H17ClN2O4/c23-14-9-11-15(12-10-14)28-13-20(26)24-25-22(27)21-16-5-1-3-7-18(16)29-19-8-4-2-6-17(19)21/h1-12,21H,13H2,(H,24,26)(H,25,27). The van der Waals surface area contributed by atoms with E-state index in [-0.39, 0.29) is 12.5 Å². The second-order valence-electron chi connectivity index (χ2n) is 6.39. The van der Waals surface area contributed by atoms with Crippen molar-refractivity contribution < 1.29 is 19.1 Å². The summed E-state index contributed by atoms with van der Waals surface area (Å²) >= 11 is 5.81. The Bertz CT molecular complexity index is 1010. The van der Waals surface area contributed by atoms with E-state index in [1.807, 2.05) is 48.5 Å². The predicted molar refractivity (Wildman–Crippen MR) is 108 cm³/mol. The molecule has 0 fully saturated rings. The number of halogens is 1. The minimum absolute atomic E-state index is 0.247. The van der Waals surface area contributed by atoms with Crippen molar-refractivity contribution in [1.82, 2.24) is 10.9 Å². The summed E-state index contributed by atoms with van der Waals surface area (Å²) in [4.78, 5) is 25.0. The molecule has 146 valence electrons. The largest absolute Gasteiger partial charge is 0.484 e. The molecule has 0 radical (unpaired) electrons. The Morgan fingerprint density at radius 3 is 2.07 bits per heavy atom. The quantitative estimate of drug-likeness (QED) is 0.644. The van der Waals surface area contributed by atoms with Gasteiger partial charge < -0.3 is 9.47 Å². The van der Waals surface area contributed by atoms with Gasteiger partial charge in [0.25, 0.3) is 11.8 Å². The number of hydrogen-bond donors (Lipinski definition) is 2. The summed E-state index contributed by atoms with van der Waals surface area (Å²) in [7, 11) is 0. The maximum atomic E-state index is 12.9. The summed E-state index contributed by atoms with van der Waals surface area (Å²) in [5.41, 5.74) is 6.34. The van der Waals surface area contributed by atoms with Crippen LogP contribution in [0.3, 0.4) is 0 Å². The normalized spacial score (nSPS) is 12.2. The van der Waals surface area contributed by atoms with Crippen LogP contribution in [0.1, 0.15) is 17.0 Å². The van der Waals surface area contributed by atoms with Crippen LogP contribution in [0.15, 0.2) is 72.8 Å². The van der Waals surface area contributed by atoms with E-state index in [4.69, 9.17) is 21.1 Å². The number of carbonyl (C=O) groups is 2. The van der Waals surface area contributed by atoms with Gasteiger partial charge in [-0.25, -0.2) is 0 Å². The van der Waals surface area contributed by atoms with Gasteiger partial charge in [-0.1, -0.05) is 48.0 Å². The Labute approximate surface area is 172 Å². The third-order valence-corrected chi connectivity index (χ3v) is 4.70. The van der Waals surface area contributed by atoms with Gasteiger partial charge in [-0.15, -0.1) is 0 Å². The molecule has 0 spiro atoms. The molecule has 29 heavy (non-hydrogen) atoms. The molecule has 3 aromatic rings. The average Bonchev–Trinajstić information content (AvgIpc) is 2.75. The second-order valence-corrected chi connectivity index (χ2v) is 6.83. The van der Waals surface area contributed by atoms with Crippen LogP contribution in [-0.2, 0) is 9.59 Å². The lowest BCUT2D eigenvalue weighted by molar-refractivity contribution is -0.130. The molecule has 0 saturated heterocycles. The fraction of sp³-hybridized carbons (Fsp3) is 0.0909. The lowest BCUT2D eigenvalue weighted by Gasteiger charge is -2.27. The number of amides is 2. The summed E-state index contributed by atoms with van der Waals surface area (Å²) in [5, 5.41) is 0.575. The van der Waals surface area contributed by atoms with Crippen molar-refractivity contribution in [3.63, 3.8) is 0 Å². The molecule has 0 bridgehead atoms. The summed E-state index contributed by atoms with van der Waals surface area (Å²) in [5.74, 6) is 0.277. The number of para-hydroxylation sites is 2. The van der Waals surface area contributed by atoms with Crippen molar-refractivity contribution in [1.29, 1.82) is 0 Å². The highest BCUT2D eigenvalue weighted by atomic mass is 35.5. The third kappa shape index (κ3) is 4.17. The van der Waals surface area contributed by atoms with Crippen molar-refractivity contribution in [3.05, 3.63) is 88.9 Å². The van der Waals surface area contributed by atoms with Crippen LogP contribution in [0.2, 0.25) is 5.02 Å². The van der Waals surface area contributed by atoms with Crippen molar-refractivity contribution in [2.75, 3.05) is 6.61 Å². The highest BCUT2D eigenvalue weighted by Gasteiger charge is 2.32. The molecule has 0 saturated carbocycles. The zero-order valence-electron chi connectivity index (χ0n) is 15.2. The number of rotatable bonds is 4. The summed E-state index contributed by atoms with van der Waals surface area (Å²) < 4.78 is 11.3. The molecule has 0 aromatic heterocycles. The van der Waals surface area contributed by atoms with Gasteiger partial charge in [-0.3, -0.25) is 20.4 Å². The number of ether oxygens (including phenoxy) is 2. The maximum Gasteiger partial charge on any atom is 0.276 e. The number of fused-ring (bicyclic) bond motifs is 2. The Balaban J connectivity index is 1.42. The van der Waals surface area contributed by atoms with E-state index < -0.39 is 11.8 Å². The van der Waals surface area contributed by atoms with Crippen molar-refractivity contribution in [3.8, 4) is 17.2 Å². The first-order valence-corrected chi connectivity index (χ1v) is 9.32. The molecular weight excluding hydrogens is 392 g/mol. The van der Waals surface area contributed by atoms with Gasteiger partial charge in [0, 0.05) is 16.1 Å². The Hall–Kier alpha value is -3.51. The fourth-order valence-corrected chi connectivity index (χ4v) is 3.24. The minimum atomic E-state index is -0.603. The SMILES string of the molecule is O=C(COc1ccc(Cl)cc1)NNC(=O)C1c2ccccc2Oc2ccccc21. The monoisotopic (exact) mass is 408 g/mol. The van der Waals surface area contributed by atoms with E-state index in [0.717, 1.165) is 11.1 Å². The van der Waals surface area contributed by atoms with Gasteiger partial charge >= 0.3 is 0 Å². The molecule has 7 heteroatoms. The van der Waals surface area contributed by atoms with Crippen LogP contribution in [0.25, 0.3) is 0 Å². The number of hydrazine groups is 1. The summed E-state index contributed by atoms with van der Waals surface area (Å²) in [6.07, 6.45) is 0. The molecule has 0 atom stereocenters. The smallest absolute Gasteiger partial charge is 0.276 e. The highest BCUT2D eigenvalue weighted by Crippen LogP contribution is 2.43. The van der Waals surface area contributed by atoms with E-state index in [0.29, 0.717) is 22.3 Å². The van der Waals surface area contributed by atoms with E-state index in [1.54, 1.807) is 24.3 Å². The Morgan fingerprint density at radius 2 is 1.45 bits per heavy atom. The van der Waals surface area contributed by atoms with E-state index in [2.05, 4.69) is 10.9 Å². The Morgan fingerprint density at radius 1 is 0.862 bits per heavy atom. The minimum Gasteiger partial charge on any atom is -0.484 e. The van der Waals surface area contributed by atoms with Gasteiger partial charge in [0.15, 0.2) is 6.61 Å². The third-order valence-electron chi connectivity index (χ3n) is 4.45. The first-order valence-electron chi connectivity index (χ1n) is 8.94. The first-order chi connectivity index (χ1) is 14.1. The molecule has 1 heterocycles. The molecule has 3 aromatic carbocycles. The molecule has 2 amide bonds. The first kappa shape index (κ1) is 18.8. The van der Waals surface area contributed by atoms with Crippen LogP contribution < -0.4 is 20.3 Å². The maximum absolute atomic E-state index is 12.9. The van der Waals surface area contributed by atoms with Crippen LogP contribution in [0.5, 0.6) is 17.2 Å². The van der Waals surface area contributed by atoms with E-state index in [1.165, 1.54) is 0 Å². The van der Waals surface area contributed by atoms with Gasteiger partial charge in [0.1, 0.15) is 17.2 Å². The van der Waals surface area contributed by atoms with Gasteiger partial charge in [-0.2, -0.15) is 0 Å². The molecule has 0 unspecified atom stereocenters. The van der Waals surface area contributed by atoms with Crippen LogP contribution in [0, 0.1) is 0 Å². The molecule has 4 rings (SSSR count). The van der Waals surface area contributed by atoms with E-state index in [9.17, 15) is 9.59 Å². The zero-order chi connectivity index (χ0) is 20.2.